The molecule has 4 heteroatoms. The third-order valence-electron chi connectivity index (χ3n) is 3.19. The zero-order chi connectivity index (χ0) is 12.1. The molecule has 4 nitrogen and oxygen atoms in total. The molecule has 0 radical (unpaired) electrons. The van der Waals surface area contributed by atoms with E-state index in [9.17, 15) is 4.79 Å². The van der Waals surface area contributed by atoms with E-state index in [0.717, 1.165) is 32.5 Å². The molecule has 0 aromatic carbocycles. The Morgan fingerprint density at radius 2 is 2.25 bits per heavy atom. The Morgan fingerprint density at radius 1 is 1.56 bits per heavy atom. The first kappa shape index (κ1) is 13.5. The number of carbonyl (C=O) groups is 1. The van der Waals surface area contributed by atoms with Crippen molar-refractivity contribution in [2.45, 2.75) is 45.8 Å². The van der Waals surface area contributed by atoms with Crippen LogP contribution in [0.2, 0.25) is 0 Å². The Hall–Kier alpha value is -0.610. The Morgan fingerprint density at radius 3 is 2.75 bits per heavy atom. The second-order valence-corrected chi connectivity index (χ2v) is 4.86. The van der Waals surface area contributed by atoms with Crippen LogP contribution < -0.4 is 0 Å². The van der Waals surface area contributed by atoms with Crippen molar-refractivity contribution in [3.05, 3.63) is 0 Å². The molecule has 1 rings (SSSR count). The predicted molar refractivity (Wildman–Crippen MR) is 62.5 cm³/mol. The van der Waals surface area contributed by atoms with Crippen LogP contribution in [-0.4, -0.2) is 47.8 Å². The largest absolute Gasteiger partial charge is 0.481 e. The van der Waals surface area contributed by atoms with Crippen molar-refractivity contribution in [1.82, 2.24) is 4.90 Å². The quantitative estimate of drug-likeness (QED) is 0.778. The van der Waals surface area contributed by atoms with E-state index in [-0.39, 0.29) is 12.0 Å². The molecule has 2 atom stereocenters. The second-order valence-electron chi connectivity index (χ2n) is 4.86. The fourth-order valence-electron chi connectivity index (χ4n) is 2.18. The van der Waals surface area contributed by atoms with Crippen LogP contribution in [0.1, 0.15) is 33.6 Å². The highest BCUT2D eigenvalue weighted by Gasteiger charge is 2.29. The summed E-state index contributed by atoms with van der Waals surface area (Å²) >= 11 is 0. The minimum absolute atomic E-state index is 0.155. The van der Waals surface area contributed by atoms with Crippen molar-refractivity contribution >= 4 is 5.97 Å². The van der Waals surface area contributed by atoms with E-state index < -0.39 is 5.97 Å². The van der Waals surface area contributed by atoms with E-state index in [4.69, 9.17) is 9.84 Å². The van der Waals surface area contributed by atoms with Crippen LogP contribution in [0.5, 0.6) is 0 Å². The number of nitrogens with zero attached hydrogens (tertiary/aromatic N) is 1. The molecule has 1 heterocycles. The van der Waals surface area contributed by atoms with Crippen molar-refractivity contribution in [3.63, 3.8) is 0 Å². The lowest BCUT2D eigenvalue weighted by atomic mass is 9.92. The molecular weight excluding hydrogens is 206 g/mol. The normalized spacial score (nSPS) is 27.2. The minimum atomic E-state index is -0.648. The van der Waals surface area contributed by atoms with E-state index in [1.807, 2.05) is 13.8 Å². The van der Waals surface area contributed by atoms with Crippen LogP contribution in [0.15, 0.2) is 0 Å². The van der Waals surface area contributed by atoms with Crippen molar-refractivity contribution in [2.24, 2.45) is 5.92 Å². The first-order valence-electron chi connectivity index (χ1n) is 6.09. The van der Waals surface area contributed by atoms with E-state index >= 15 is 0 Å². The van der Waals surface area contributed by atoms with Gasteiger partial charge in [0.15, 0.2) is 0 Å². The van der Waals surface area contributed by atoms with Gasteiger partial charge in [0.05, 0.1) is 18.6 Å². The number of piperidine rings is 1. The van der Waals surface area contributed by atoms with Crippen molar-refractivity contribution in [2.75, 3.05) is 19.7 Å². The summed E-state index contributed by atoms with van der Waals surface area (Å²) in [7, 11) is 0. The first-order valence-corrected chi connectivity index (χ1v) is 6.09. The highest BCUT2D eigenvalue weighted by Crippen LogP contribution is 2.22. The van der Waals surface area contributed by atoms with Gasteiger partial charge < -0.3 is 9.84 Å². The lowest BCUT2D eigenvalue weighted by Gasteiger charge is -2.36. The van der Waals surface area contributed by atoms with Crippen LogP contribution in [0.4, 0.5) is 0 Å². The topological polar surface area (TPSA) is 49.8 Å². The van der Waals surface area contributed by atoms with Crippen molar-refractivity contribution in [3.8, 4) is 0 Å². The molecule has 0 spiro atoms. The van der Waals surface area contributed by atoms with Gasteiger partial charge in [-0.1, -0.05) is 0 Å². The summed E-state index contributed by atoms with van der Waals surface area (Å²) in [6, 6.07) is 0.352. The number of carboxylic acids is 1. The standard InChI is InChI=1S/C12H23NO3/c1-9(2)16-7-6-13-5-4-11(12(14)15)8-10(13)3/h9-11H,4-8H2,1-3H3,(H,14,15). The van der Waals surface area contributed by atoms with E-state index in [1.165, 1.54) is 0 Å². The monoisotopic (exact) mass is 229 g/mol. The van der Waals surface area contributed by atoms with Gasteiger partial charge in [0.2, 0.25) is 0 Å². The number of aliphatic carboxylic acids is 1. The number of likely N-dealkylation sites (tertiary alicyclic amines) is 1. The lowest BCUT2D eigenvalue weighted by Crippen LogP contribution is -2.44. The van der Waals surface area contributed by atoms with Gasteiger partial charge in [0, 0.05) is 12.6 Å². The van der Waals surface area contributed by atoms with Crippen LogP contribution in [-0.2, 0) is 9.53 Å². The molecule has 0 saturated carbocycles. The van der Waals surface area contributed by atoms with Gasteiger partial charge in [-0.15, -0.1) is 0 Å². The molecule has 0 amide bonds. The zero-order valence-corrected chi connectivity index (χ0v) is 10.5. The van der Waals surface area contributed by atoms with Gasteiger partial charge in [-0.2, -0.15) is 0 Å². The predicted octanol–water partition coefficient (Wildman–Crippen LogP) is 1.60. The van der Waals surface area contributed by atoms with Crippen LogP contribution in [0, 0.1) is 5.92 Å². The number of hydrogen-bond acceptors (Lipinski definition) is 3. The molecule has 0 aliphatic carbocycles. The molecule has 1 aliphatic rings. The van der Waals surface area contributed by atoms with Crippen molar-refractivity contribution < 1.29 is 14.6 Å². The zero-order valence-electron chi connectivity index (χ0n) is 10.5. The molecule has 0 aromatic rings. The van der Waals surface area contributed by atoms with Gasteiger partial charge in [-0.25, -0.2) is 0 Å². The lowest BCUT2D eigenvalue weighted by molar-refractivity contribution is -0.144. The fourth-order valence-corrected chi connectivity index (χ4v) is 2.18. The number of hydrogen-bond donors (Lipinski definition) is 1. The third kappa shape index (κ3) is 4.10. The Balaban J connectivity index is 2.28. The highest BCUT2D eigenvalue weighted by molar-refractivity contribution is 5.70. The van der Waals surface area contributed by atoms with Gasteiger partial charge in [-0.3, -0.25) is 9.69 Å². The number of rotatable bonds is 5. The maximum atomic E-state index is 10.9. The summed E-state index contributed by atoms with van der Waals surface area (Å²) in [6.45, 7) is 8.68. The average Bonchev–Trinajstić information content (AvgIpc) is 2.19. The van der Waals surface area contributed by atoms with Crippen LogP contribution in [0.25, 0.3) is 0 Å². The maximum absolute atomic E-state index is 10.9. The van der Waals surface area contributed by atoms with Crippen molar-refractivity contribution in [1.29, 1.82) is 0 Å². The smallest absolute Gasteiger partial charge is 0.306 e. The summed E-state index contributed by atoms with van der Waals surface area (Å²) in [5, 5.41) is 8.95. The third-order valence-corrected chi connectivity index (χ3v) is 3.19. The van der Waals surface area contributed by atoms with Gasteiger partial charge in [-0.05, 0) is 40.2 Å². The molecule has 1 N–H and O–H groups in total. The average molecular weight is 229 g/mol. The summed E-state index contributed by atoms with van der Waals surface area (Å²) in [6.07, 6.45) is 1.80. The molecule has 1 aliphatic heterocycles. The van der Waals surface area contributed by atoms with E-state index in [1.54, 1.807) is 0 Å². The molecule has 94 valence electrons. The Bertz CT molecular complexity index is 230. The number of ether oxygens (including phenoxy) is 1. The van der Waals surface area contributed by atoms with Gasteiger partial charge in [0.1, 0.15) is 0 Å². The number of carboxylic acid groups (broad SMARTS) is 1. The molecule has 2 unspecified atom stereocenters. The second kappa shape index (κ2) is 6.21. The molecule has 16 heavy (non-hydrogen) atoms. The summed E-state index contributed by atoms with van der Waals surface area (Å²) in [5.74, 6) is -0.804. The molecule has 0 aromatic heterocycles. The Labute approximate surface area is 97.6 Å². The molecular formula is C12H23NO3. The van der Waals surface area contributed by atoms with Crippen LogP contribution in [0.3, 0.4) is 0 Å². The molecule has 0 bridgehead atoms. The Kier molecular flexibility index (Phi) is 5.22. The van der Waals surface area contributed by atoms with Gasteiger partial charge >= 0.3 is 5.97 Å². The summed E-state index contributed by atoms with van der Waals surface area (Å²) in [5.41, 5.74) is 0. The molecule has 1 fully saturated rings. The summed E-state index contributed by atoms with van der Waals surface area (Å²) in [4.78, 5) is 13.2. The van der Waals surface area contributed by atoms with Crippen LogP contribution >= 0.6 is 0 Å². The minimum Gasteiger partial charge on any atom is -0.481 e. The molecule has 1 saturated heterocycles. The van der Waals surface area contributed by atoms with E-state index in [0.29, 0.717) is 6.04 Å². The van der Waals surface area contributed by atoms with E-state index in [2.05, 4.69) is 11.8 Å². The fraction of sp³-hybridized carbons (Fsp3) is 0.917. The SMILES string of the molecule is CC(C)OCCN1CCC(C(=O)O)CC1C. The maximum Gasteiger partial charge on any atom is 0.306 e. The summed E-state index contributed by atoms with van der Waals surface area (Å²) < 4.78 is 5.51. The van der Waals surface area contributed by atoms with Gasteiger partial charge in [0.25, 0.3) is 0 Å². The highest BCUT2D eigenvalue weighted by atomic mass is 16.5. The first-order chi connectivity index (χ1) is 7.50.